The van der Waals surface area contributed by atoms with Crippen molar-refractivity contribution in [3.8, 4) is 28.7 Å². The molecule has 1 atom stereocenters. The van der Waals surface area contributed by atoms with Gasteiger partial charge in [-0.05, 0) is 49.8 Å². The highest BCUT2D eigenvalue weighted by Gasteiger charge is 2.28. The zero-order valence-electron chi connectivity index (χ0n) is 18.7. The Morgan fingerprint density at radius 2 is 1.40 bits per heavy atom. The van der Waals surface area contributed by atoms with E-state index in [1.807, 2.05) is 26.2 Å². The third kappa shape index (κ3) is 4.57. The average molecular weight is 417 g/mol. The molecule has 1 unspecified atom stereocenters. The van der Waals surface area contributed by atoms with Gasteiger partial charge in [-0.25, -0.2) is 0 Å². The number of rotatable bonds is 9. The maximum atomic E-state index is 6.06. The molecule has 0 fully saturated rings. The van der Waals surface area contributed by atoms with Crippen LogP contribution >= 0.6 is 0 Å². The first-order valence-corrected chi connectivity index (χ1v) is 10.0. The molecule has 30 heavy (non-hydrogen) atoms. The molecule has 0 saturated heterocycles. The predicted molar refractivity (Wildman–Crippen MR) is 117 cm³/mol. The number of nitrogens with one attached hydrogen (secondary N) is 1. The normalized spacial score (nSPS) is 15.5. The average Bonchev–Trinajstić information content (AvgIpc) is 2.76. The van der Waals surface area contributed by atoms with Crippen molar-refractivity contribution < 1.29 is 23.7 Å². The molecule has 2 aromatic carbocycles. The van der Waals surface area contributed by atoms with Gasteiger partial charge < -0.3 is 33.9 Å². The summed E-state index contributed by atoms with van der Waals surface area (Å²) in [7, 11) is 10.6. The summed E-state index contributed by atoms with van der Waals surface area (Å²) in [5, 5.41) is 3.61. The lowest BCUT2D eigenvalue weighted by atomic mass is 9.88. The highest BCUT2D eigenvalue weighted by molar-refractivity contribution is 5.57. The highest BCUT2D eigenvalue weighted by Crippen LogP contribution is 2.43. The van der Waals surface area contributed by atoms with Gasteiger partial charge in [0.1, 0.15) is 12.4 Å². The number of hydrogen-bond donors (Lipinski definition) is 1. The lowest BCUT2D eigenvalue weighted by molar-refractivity contribution is 0.250. The Kier molecular flexibility index (Phi) is 7.29. The van der Waals surface area contributed by atoms with Crippen LogP contribution in [0, 0.1) is 0 Å². The maximum Gasteiger partial charge on any atom is 0.164 e. The molecule has 7 nitrogen and oxygen atoms in total. The predicted octanol–water partition coefficient (Wildman–Crippen LogP) is 2.90. The molecule has 164 valence electrons. The number of nitrogens with zero attached hydrogens (tertiary/aromatic N) is 1. The largest absolute Gasteiger partial charge is 0.496 e. The summed E-state index contributed by atoms with van der Waals surface area (Å²) < 4.78 is 28.3. The molecule has 0 amide bonds. The summed E-state index contributed by atoms with van der Waals surface area (Å²) in [5.41, 5.74) is 3.36. The van der Waals surface area contributed by atoms with Crippen molar-refractivity contribution in [2.75, 3.05) is 62.2 Å². The number of likely N-dealkylation sites (N-methyl/N-ethyl adjacent to an activating group) is 1. The molecule has 0 aromatic heterocycles. The summed E-state index contributed by atoms with van der Waals surface area (Å²) in [6.07, 6.45) is 0.912. The number of fused-ring (bicyclic) bond motifs is 1. The second-order valence-electron chi connectivity index (χ2n) is 7.44. The van der Waals surface area contributed by atoms with Gasteiger partial charge in [0, 0.05) is 24.7 Å². The second-order valence-corrected chi connectivity index (χ2v) is 7.44. The lowest BCUT2D eigenvalue weighted by Gasteiger charge is -2.30. The van der Waals surface area contributed by atoms with Crippen molar-refractivity contribution in [2.45, 2.75) is 12.5 Å². The summed E-state index contributed by atoms with van der Waals surface area (Å²) in [6, 6.07) is 7.94. The minimum atomic E-state index is -0.0642. The maximum absolute atomic E-state index is 6.06. The first-order valence-electron chi connectivity index (χ1n) is 10.0. The Hall–Kier alpha value is -2.64. The summed E-state index contributed by atoms with van der Waals surface area (Å²) >= 11 is 0. The zero-order chi connectivity index (χ0) is 21.7. The number of hydrogen-bond acceptors (Lipinski definition) is 7. The summed E-state index contributed by atoms with van der Waals surface area (Å²) in [5.74, 6) is 3.54. The second kappa shape index (κ2) is 9.91. The van der Waals surface area contributed by atoms with Crippen LogP contribution < -0.4 is 29.0 Å². The van der Waals surface area contributed by atoms with Crippen LogP contribution in [0.2, 0.25) is 0 Å². The van der Waals surface area contributed by atoms with E-state index in [2.05, 4.69) is 22.3 Å². The molecule has 0 radical (unpaired) electrons. The van der Waals surface area contributed by atoms with Crippen molar-refractivity contribution >= 4 is 0 Å². The topological polar surface area (TPSA) is 61.4 Å². The molecule has 0 aliphatic carbocycles. The Labute approximate surface area is 178 Å². The molecule has 0 bridgehead atoms. The summed E-state index contributed by atoms with van der Waals surface area (Å²) in [6.45, 7) is 2.25. The Bertz CT molecular complexity index is 869. The molecule has 1 heterocycles. The Morgan fingerprint density at radius 1 is 0.800 bits per heavy atom. The van der Waals surface area contributed by atoms with E-state index in [0.29, 0.717) is 18.1 Å². The fraction of sp³-hybridized carbons (Fsp3) is 0.478. The van der Waals surface area contributed by atoms with Crippen molar-refractivity contribution in [1.82, 2.24) is 10.2 Å². The van der Waals surface area contributed by atoms with Crippen LogP contribution in [0.5, 0.6) is 28.7 Å². The smallest absolute Gasteiger partial charge is 0.164 e. The third-order valence-electron chi connectivity index (χ3n) is 5.32. The van der Waals surface area contributed by atoms with Gasteiger partial charge in [0.25, 0.3) is 0 Å². The van der Waals surface area contributed by atoms with E-state index in [9.17, 15) is 0 Å². The Morgan fingerprint density at radius 3 is 2.03 bits per heavy atom. The van der Waals surface area contributed by atoms with Crippen LogP contribution in [0.3, 0.4) is 0 Å². The van der Waals surface area contributed by atoms with Crippen molar-refractivity contribution in [3.05, 3.63) is 41.0 Å². The molecular formula is C23H32N2O5. The van der Waals surface area contributed by atoms with E-state index in [4.69, 9.17) is 23.7 Å². The van der Waals surface area contributed by atoms with E-state index in [0.717, 1.165) is 47.9 Å². The molecule has 3 rings (SSSR count). The van der Waals surface area contributed by atoms with Crippen molar-refractivity contribution in [3.63, 3.8) is 0 Å². The minimum Gasteiger partial charge on any atom is -0.496 e. The third-order valence-corrected chi connectivity index (χ3v) is 5.32. The molecule has 7 heteroatoms. The van der Waals surface area contributed by atoms with Crippen LogP contribution in [-0.2, 0) is 6.42 Å². The molecule has 0 saturated carbocycles. The fourth-order valence-corrected chi connectivity index (χ4v) is 3.73. The molecule has 0 spiro atoms. The molecular weight excluding hydrogens is 384 g/mol. The standard InChI is InChI=1S/C23H32N2O5/c1-25(2)9-10-30-22-12-16-15(11-19(22)27-4)7-8-24-23(16)17-13-20(28-5)21(29-6)14-18(17)26-3/h11-14,23-24H,7-10H2,1-6H3. The summed E-state index contributed by atoms with van der Waals surface area (Å²) in [4.78, 5) is 2.09. The molecule has 2 aromatic rings. The SMILES string of the molecule is COc1cc(OC)c(C2NCCc3cc(OC)c(OCCN(C)C)cc32)cc1OC. The van der Waals surface area contributed by atoms with Gasteiger partial charge in [0.15, 0.2) is 23.0 Å². The first kappa shape index (κ1) is 22.1. The van der Waals surface area contributed by atoms with Gasteiger partial charge in [0.2, 0.25) is 0 Å². The molecule has 1 aliphatic heterocycles. The van der Waals surface area contributed by atoms with Crippen LogP contribution in [-0.4, -0.2) is 67.1 Å². The van der Waals surface area contributed by atoms with Crippen LogP contribution in [0.25, 0.3) is 0 Å². The zero-order valence-corrected chi connectivity index (χ0v) is 18.7. The number of benzene rings is 2. The highest BCUT2D eigenvalue weighted by atomic mass is 16.5. The van der Waals surface area contributed by atoms with Gasteiger partial charge in [-0.3, -0.25) is 0 Å². The van der Waals surface area contributed by atoms with E-state index in [-0.39, 0.29) is 6.04 Å². The van der Waals surface area contributed by atoms with Gasteiger partial charge in [0.05, 0.1) is 34.5 Å². The minimum absolute atomic E-state index is 0.0642. The van der Waals surface area contributed by atoms with E-state index in [1.165, 1.54) is 5.56 Å². The molecule has 1 aliphatic rings. The quantitative estimate of drug-likeness (QED) is 0.674. The first-order chi connectivity index (χ1) is 14.5. The van der Waals surface area contributed by atoms with E-state index >= 15 is 0 Å². The van der Waals surface area contributed by atoms with Gasteiger partial charge in [-0.2, -0.15) is 0 Å². The van der Waals surface area contributed by atoms with Gasteiger partial charge >= 0.3 is 0 Å². The van der Waals surface area contributed by atoms with Crippen LogP contribution in [0.15, 0.2) is 24.3 Å². The Balaban J connectivity index is 2.04. The monoisotopic (exact) mass is 416 g/mol. The number of ether oxygens (including phenoxy) is 5. The van der Waals surface area contributed by atoms with Gasteiger partial charge in [-0.1, -0.05) is 0 Å². The fourth-order valence-electron chi connectivity index (χ4n) is 3.73. The van der Waals surface area contributed by atoms with E-state index in [1.54, 1.807) is 28.4 Å². The van der Waals surface area contributed by atoms with E-state index < -0.39 is 0 Å². The van der Waals surface area contributed by atoms with Crippen LogP contribution in [0.4, 0.5) is 0 Å². The van der Waals surface area contributed by atoms with Gasteiger partial charge in [-0.15, -0.1) is 0 Å². The van der Waals surface area contributed by atoms with Crippen LogP contribution in [0.1, 0.15) is 22.7 Å². The number of methoxy groups -OCH3 is 4. The van der Waals surface area contributed by atoms with Crippen molar-refractivity contribution in [1.29, 1.82) is 0 Å². The van der Waals surface area contributed by atoms with Crippen molar-refractivity contribution in [2.24, 2.45) is 0 Å². The molecule has 1 N–H and O–H groups in total. The lowest BCUT2D eigenvalue weighted by Crippen LogP contribution is -2.31.